The van der Waals surface area contributed by atoms with Crippen LogP contribution in [0.3, 0.4) is 0 Å². The van der Waals surface area contributed by atoms with Crippen molar-refractivity contribution >= 4 is 0 Å². The minimum Gasteiger partial charge on any atom is -0.352 e. The maximum atomic E-state index is 15.0. The summed E-state index contributed by atoms with van der Waals surface area (Å²) >= 11 is 0. The first-order valence-electron chi connectivity index (χ1n) is 13.6. The molecule has 198 valence electrons. The van der Waals surface area contributed by atoms with Gasteiger partial charge in [-0.05, 0) is 53.1 Å². The zero-order valence-electron chi connectivity index (χ0n) is 21.9. The van der Waals surface area contributed by atoms with Gasteiger partial charge in [0.2, 0.25) is 0 Å². The lowest BCUT2D eigenvalue weighted by atomic mass is 9.94. The standard InChI is InChI=1S/C32H37F3O2/c1-3-5-6-7-8-10-24-15-18-28(32(35)31(24)34)23-13-11-22(12-14-23)25-16-17-27(29(33)19-25)26-20-36-30(9-4-2)37-21-26/h11-19,26,30H,3-10,20-21H2,1-2H3. The minimum atomic E-state index is -0.813. The molecule has 0 radical (unpaired) electrons. The molecule has 0 saturated carbocycles. The van der Waals surface area contributed by atoms with Gasteiger partial charge >= 0.3 is 0 Å². The van der Waals surface area contributed by atoms with Gasteiger partial charge in [0.1, 0.15) is 5.82 Å². The second-order valence-electron chi connectivity index (χ2n) is 9.96. The lowest BCUT2D eigenvalue weighted by Gasteiger charge is -2.29. The molecular formula is C32H37F3O2. The Balaban J connectivity index is 1.43. The fourth-order valence-electron chi connectivity index (χ4n) is 4.93. The number of halogens is 3. The normalized spacial score (nSPS) is 17.8. The highest BCUT2D eigenvalue weighted by Crippen LogP contribution is 2.32. The lowest BCUT2D eigenvalue weighted by molar-refractivity contribution is -0.190. The van der Waals surface area contributed by atoms with Crippen molar-refractivity contribution in [2.24, 2.45) is 0 Å². The van der Waals surface area contributed by atoms with E-state index in [1.54, 1.807) is 30.3 Å². The number of hydrogen-bond donors (Lipinski definition) is 0. The van der Waals surface area contributed by atoms with Crippen molar-refractivity contribution in [1.29, 1.82) is 0 Å². The van der Waals surface area contributed by atoms with E-state index < -0.39 is 11.6 Å². The SMILES string of the molecule is CCCCCCCc1ccc(-c2ccc(-c3ccc(C4COC(CCC)OC4)c(F)c3)cc2)c(F)c1F. The average molecular weight is 511 g/mol. The Morgan fingerprint density at radius 1 is 0.703 bits per heavy atom. The smallest absolute Gasteiger partial charge is 0.166 e. The molecule has 0 atom stereocenters. The van der Waals surface area contributed by atoms with Crippen LogP contribution in [0.1, 0.15) is 75.8 Å². The van der Waals surface area contributed by atoms with Gasteiger partial charge in [0.15, 0.2) is 17.9 Å². The monoisotopic (exact) mass is 510 g/mol. The molecule has 2 nitrogen and oxygen atoms in total. The van der Waals surface area contributed by atoms with E-state index >= 15 is 0 Å². The topological polar surface area (TPSA) is 18.5 Å². The summed E-state index contributed by atoms with van der Waals surface area (Å²) in [6.07, 6.45) is 7.50. The predicted octanol–water partition coefficient (Wildman–Crippen LogP) is 9.21. The van der Waals surface area contributed by atoms with Gasteiger partial charge in [-0.1, -0.05) is 94.5 Å². The van der Waals surface area contributed by atoms with Gasteiger partial charge in [-0.3, -0.25) is 0 Å². The molecule has 4 rings (SSSR count). The first kappa shape index (κ1) is 27.4. The van der Waals surface area contributed by atoms with Crippen molar-refractivity contribution in [2.75, 3.05) is 13.2 Å². The zero-order valence-corrected chi connectivity index (χ0v) is 21.9. The molecule has 37 heavy (non-hydrogen) atoms. The van der Waals surface area contributed by atoms with Crippen LogP contribution in [0, 0.1) is 17.5 Å². The summed E-state index contributed by atoms with van der Waals surface area (Å²) in [5.41, 5.74) is 3.36. The number of aryl methyl sites for hydroxylation is 1. The Kier molecular flexibility index (Phi) is 9.81. The zero-order chi connectivity index (χ0) is 26.2. The van der Waals surface area contributed by atoms with Gasteiger partial charge < -0.3 is 9.47 Å². The average Bonchev–Trinajstić information content (AvgIpc) is 2.92. The van der Waals surface area contributed by atoms with Crippen LogP contribution >= 0.6 is 0 Å². The summed E-state index contributed by atoms with van der Waals surface area (Å²) in [6.45, 7) is 5.11. The van der Waals surface area contributed by atoms with Crippen LogP contribution < -0.4 is 0 Å². The highest BCUT2D eigenvalue weighted by molar-refractivity contribution is 5.71. The lowest BCUT2D eigenvalue weighted by Crippen LogP contribution is -2.31. The summed E-state index contributed by atoms with van der Waals surface area (Å²) in [6, 6.07) is 15.6. The molecule has 0 unspecified atom stereocenters. The van der Waals surface area contributed by atoms with Gasteiger partial charge in [0.05, 0.1) is 13.2 Å². The second kappa shape index (κ2) is 13.3. The van der Waals surface area contributed by atoms with Crippen molar-refractivity contribution in [2.45, 2.75) is 77.4 Å². The molecule has 0 bridgehead atoms. The summed E-state index contributed by atoms with van der Waals surface area (Å²) in [7, 11) is 0. The van der Waals surface area contributed by atoms with Crippen molar-refractivity contribution in [3.05, 3.63) is 83.2 Å². The number of ether oxygens (including phenoxy) is 2. The summed E-state index contributed by atoms with van der Waals surface area (Å²) < 4.78 is 56.1. The first-order valence-corrected chi connectivity index (χ1v) is 13.6. The van der Waals surface area contributed by atoms with Gasteiger partial charge in [-0.2, -0.15) is 0 Å². The molecule has 0 aromatic heterocycles. The molecule has 5 heteroatoms. The van der Waals surface area contributed by atoms with Crippen LogP contribution in [0.4, 0.5) is 13.2 Å². The molecule has 1 fully saturated rings. The van der Waals surface area contributed by atoms with Crippen LogP contribution in [-0.2, 0) is 15.9 Å². The van der Waals surface area contributed by atoms with Crippen LogP contribution in [0.2, 0.25) is 0 Å². The van der Waals surface area contributed by atoms with Crippen LogP contribution in [0.15, 0.2) is 54.6 Å². The van der Waals surface area contributed by atoms with E-state index in [1.165, 1.54) is 12.5 Å². The highest BCUT2D eigenvalue weighted by Gasteiger charge is 2.25. The Morgan fingerprint density at radius 3 is 2.05 bits per heavy atom. The van der Waals surface area contributed by atoms with E-state index in [2.05, 4.69) is 13.8 Å². The molecule has 3 aromatic carbocycles. The summed E-state index contributed by atoms with van der Waals surface area (Å²) in [5.74, 6) is -2.01. The van der Waals surface area contributed by atoms with Gasteiger partial charge in [0, 0.05) is 11.5 Å². The second-order valence-corrected chi connectivity index (χ2v) is 9.96. The molecule has 1 saturated heterocycles. The highest BCUT2D eigenvalue weighted by atomic mass is 19.2. The van der Waals surface area contributed by atoms with Crippen molar-refractivity contribution in [1.82, 2.24) is 0 Å². The molecule has 0 amide bonds. The molecule has 3 aromatic rings. The predicted molar refractivity (Wildman–Crippen MR) is 143 cm³/mol. The summed E-state index contributed by atoms with van der Waals surface area (Å²) in [5, 5.41) is 0. The van der Waals surface area contributed by atoms with E-state index in [9.17, 15) is 13.2 Å². The van der Waals surface area contributed by atoms with Gasteiger partial charge in [-0.25, -0.2) is 13.2 Å². The third-order valence-electron chi connectivity index (χ3n) is 7.17. The molecule has 0 aliphatic carbocycles. The fraction of sp³-hybridized carbons (Fsp3) is 0.438. The fourth-order valence-corrected chi connectivity index (χ4v) is 4.93. The summed E-state index contributed by atoms with van der Waals surface area (Å²) in [4.78, 5) is 0. The van der Waals surface area contributed by atoms with E-state index in [0.717, 1.165) is 49.7 Å². The number of benzene rings is 3. The van der Waals surface area contributed by atoms with Crippen LogP contribution in [-0.4, -0.2) is 19.5 Å². The molecule has 1 heterocycles. The largest absolute Gasteiger partial charge is 0.352 e. The maximum Gasteiger partial charge on any atom is 0.166 e. The number of rotatable bonds is 11. The van der Waals surface area contributed by atoms with Gasteiger partial charge in [-0.15, -0.1) is 0 Å². The van der Waals surface area contributed by atoms with Crippen LogP contribution in [0.5, 0.6) is 0 Å². The number of hydrogen-bond acceptors (Lipinski definition) is 2. The first-order chi connectivity index (χ1) is 18.0. The molecule has 1 aliphatic rings. The molecule has 1 aliphatic heterocycles. The Labute approximate surface area is 218 Å². The van der Waals surface area contributed by atoms with E-state index in [1.807, 2.05) is 18.2 Å². The van der Waals surface area contributed by atoms with Crippen molar-refractivity contribution < 1.29 is 22.6 Å². The quantitative estimate of drug-likeness (QED) is 0.239. The van der Waals surface area contributed by atoms with Gasteiger partial charge in [0.25, 0.3) is 0 Å². The minimum absolute atomic E-state index is 0.137. The van der Waals surface area contributed by atoms with Crippen molar-refractivity contribution in [3.8, 4) is 22.3 Å². The Morgan fingerprint density at radius 2 is 1.38 bits per heavy atom. The Hall–Kier alpha value is -2.63. The molecule has 0 spiro atoms. The van der Waals surface area contributed by atoms with Crippen molar-refractivity contribution in [3.63, 3.8) is 0 Å². The van der Waals surface area contributed by atoms with E-state index in [-0.39, 0.29) is 23.6 Å². The third kappa shape index (κ3) is 6.82. The maximum absolute atomic E-state index is 15.0. The number of unbranched alkanes of at least 4 members (excludes halogenated alkanes) is 4. The molecular weight excluding hydrogens is 473 g/mol. The van der Waals surface area contributed by atoms with E-state index in [0.29, 0.717) is 36.3 Å². The van der Waals surface area contributed by atoms with Crippen LogP contribution in [0.25, 0.3) is 22.3 Å². The Bertz CT molecular complexity index is 1150. The third-order valence-corrected chi connectivity index (χ3v) is 7.17. The molecule has 0 N–H and O–H groups in total. The van der Waals surface area contributed by atoms with E-state index in [4.69, 9.17) is 9.47 Å².